The summed E-state index contributed by atoms with van der Waals surface area (Å²) in [5, 5.41) is 5.79. The first-order valence-corrected chi connectivity index (χ1v) is 9.06. The van der Waals surface area contributed by atoms with Crippen molar-refractivity contribution in [1.29, 1.82) is 0 Å². The molecule has 3 rings (SSSR count). The highest BCUT2D eigenvalue weighted by atomic mass is 16.2. The Balaban J connectivity index is 1.61. The summed E-state index contributed by atoms with van der Waals surface area (Å²) in [6, 6.07) is 18.8. The molecule has 28 heavy (non-hydrogen) atoms. The number of aromatic nitrogens is 1. The molecule has 3 aromatic rings. The Labute approximate surface area is 164 Å². The number of benzene rings is 2. The maximum Gasteiger partial charge on any atom is 0.251 e. The fourth-order valence-corrected chi connectivity index (χ4v) is 2.85. The van der Waals surface area contributed by atoms with Crippen molar-refractivity contribution in [3.8, 4) is 5.69 Å². The Morgan fingerprint density at radius 3 is 2.46 bits per heavy atom. The van der Waals surface area contributed by atoms with Gasteiger partial charge in [0.2, 0.25) is 5.91 Å². The third kappa shape index (κ3) is 5.31. The Bertz CT molecular complexity index is 949. The van der Waals surface area contributed by atoms with Gasteiger partial charge in [-0.25, -0.2) is 0 Å². The van der Waals surface area contributed by atoms with Crippen LogP contribution in [0.5, 0.6) is 0 Å². The molecule has 0 spiro atoms. The van der Waals surface area contributed by atoms with E-state index in [1.165, 1.54) is 0 Å². The maximum absolute atomic E-state index is 12.5. The molecule has 0 saturated carbocycles. The molecular weight excluding hydrogens is 352 g/mol. The lowest BCUT2D eigenvalue weighted by Gasteiger charge is -2.11. The number of likely N-dealkylation sites (N-methyl/N-ethyl adjacent to an activating group) is 1. The summed E-state index contributed by atoms with van der Waals surface area (Å²) >= 11 is 0. The lowest BCUT2D eigenvalue weighted by atomic mass is 10.1. The minimum atomic E-state index is -0.143. The summed E-state index contributed by atoms with van der Waals surface area (Å²) in [5.41, 5.74) is 3.16. The molecule has 1 heterocycles. The van der Waals surface area contributed by atoms with E-state index in [4.69, 9.17) is 0 Å². The van der Waals surface area contributed by atoms with Gasteiger partial charge < -0.3 is 20.1 Å². The highest BCUT2D eigenvalue weighted by molar-refractivity contribution is 5.95. The van der Waals surface area contributed by atoms with Gasteiger partial charge in [0.05, 0.1) is 6.54 Å². The second kappa shape index (κ2) is 9.01. The largest absolute Gasteiger partial charge is 0.348 e. The lowest BCUT2D eigenvalue weighted by molar-refractivity contribution is -0.116. The fraction of sp³-hybridized carbons (Fsp3) is 0.182. The van der Waals surface area contributed by atoms with Crippen LogP contribution in [-0.4, -0.2) is 41.9 Å². The molecule has 144 valence electrons. The standard InChI is InChI=1S/C22H24N4O2/c1-25(2)16-21(27)24-19-9-5-7-17(13-19)15-23-22(28)18-8-6-10-20(14-18)26-11-3-4-12-26/h3-14H,15-16H2,1-2H3,(H,23,28)(H,24,27). The number of amides is 2. The Kier molecular flexibility index (Phi) is 6.24. The van der Waals surface area contributed by atoms with E-state index >= 15 is 0 Å². The summed E-state index contributed by atoms with van der Waals surface area (Å²) in [6.45, 7) is 0.697. The molecule has 6 heteroatoms. The molecule has 0 radical (unpaired) electrons. The van der Waals surface area contributed by atoms with Crippen LogP contribution in [0, 0.1) is 0 Å². The van der Waals surface area contributed by atoms with Crippen LogP contribution >= 0.6 is 0 Å². The first-order chi connectivity index (χ1) is 13.5. The molecule has 0 atom stereocenters. The Hall–Kier alpha value is -3.38. The summed E-state index contributed by atoms with van der Waals surface area (Å²) in [4.78, 5) is 26.2. The minimum absolute atomic E-state index is 0.0759. The smallest absolute Gasteiger partial charge is 0.251 e. The number of rotatable bonds is 7. The predicted octanol–water partition coefficient (Wildman–Crippen LogP) is 2.91. The molecule has 0 aliphatic carbocycles. The molecule has 2 amide bonds. The van der Waals surface area contributed by atoms with E-state index in [0.717, 1.165) is 11.3 Å². The van der Waals surface area contributed by atoms with Crippen LogP contribution < -0.4 is 10.6 Å². The van der Waals surface area contributed by atoms with Gasteiger partial charge >= 0.3 is 0 Å². The predicted molar refractivity (Wildman–Crippen MR) is 111 cm³/mol. The minimum Gasteiger partial charge on any atom is -0.348 e. The van der Waals surface area contributed by atoms with Crippen LogP contribution in [0.2, 0.25) is 0 Å². The normalized spacial score (nSPS) is 10.7. The van der Waals surface area contributed by atoms with Crippen molar-refractivity contribution >= 4 is 17.5 Å². The SMILES string of the molecule is CN(C)CC(=O)Nc1cccc(CNC(=O)c2cccc(-n3cccc3)c2)c1. The van der Waals surface area contributed by atoms with Crippen LogP contribution in [0.4, 0.5) is 5.69 Å². The van der Waals surface area contributed by atoms with Gasteiger partial charge in [-0.15, -0.1) is 0 Å². The molecule has 0 bridgehead atoms. The quantitative estimate of drug-likeness (QED) is 0.666. The molecule has 1 aromatic heterocycles. The molecule has 0 fully saturated rings. The average Bonchev–Trinajstić information content (AvgIpc) is 3.20. The highest BCUT2D eigenvalue weighted by Gasteiger charge is 2.08. The average molecular weight is 376 g/mol. The van der Waals surface area contributed by atoms with Gasteiger partial charge in [0.25, 0.3) is 5.91 Å². The van der Waals surface area contributed by atoms with E-state index in [0.29, 0.717) is 24.3 Å². The molecule has 0 unspecified atom stereocenters. The van der Waals surface area contributed by atoms with Crippen molar-refractivity contribution in [3.05, 3.63) is 84.2 Å². The number of nitrogens with zero attached hydrogens (tertiary/aromatic N) is 2. The molecular formula is C22H24N4O2. The number of carbonyl (C=O) groups is 2. The molecule has 0 saturated heterocycles. The van der Waals surface area contributed by atoms with E-state index in [-0.39, 0.29) is 11.8 Å². The highest BCUT2D eigenvalue weighted by Crippen LogP contribution is 2.13. The van der Waals surface area contributed by atoms with E-state index in [1.54, 1.807) is 11.0 Å². The van der Waals surface area contributed by atoms with Crippen LogP contribution in [-0.2, 0) is 11.3 Å². The van der Waals surface area contributed by atoms with Crippen molar-refractivity contribution in [3.63, 3.8) is 0 Å². The van der Waals surface area contributed by atoms with Crippen molar-refractivity contribution < 1.29 is 9.59 Å². The number of nitrogens with one attached hydrogen (secondary N) is 2. The second-order valence-corrected chi connectivity index (χ2v) is 6.81. The Morgan fingerprint density at radius 2 is 1.71 bits per heavy atom. The Morgan fingerprint density at radius 1 is 0.964 bits per heavy atom. The molecule has 0 aliphatic heterocycles. The van der Waals surface area contributed by atoms with Gasteiger partial charge in [0.1, 0.15) is 0 Å². The summed E-state index contributed by atoms with van der Waals surface area (Å²) in [7, 11) is 3.69. The zero-order valence-electron chi connectivity index (χ0n) is 16.1. The summed E-state index contributed by atoms with van der Waals surface area (Å²) < 4.78 is 1.96. The molecule has 0 aliphatic rings. The van der Waals surface area contributed by atoms with Crippen molar-refractivity contribution in [2.45, 2.75) is 6.54 Å². The topological polar surface area (TPSA) is 66.4 Å². The first kappa shape index (κ1) is 19.4. The van der Waals surface area contributed by atoms with E-state index in [9.17, 15) is 9.59 Å². The van der Waals surface area contributed by atoms with Crippen LogP contribution in [0.25, 0.3) is 5.69 Å². The summed E-state index contributed by atoms with van der Waals surface area (Å²) in [6.07, 6.45) is 3.88. The zero-order chi connectivity index (χ0) is 19.9. The van der Waals surface area contributed by atoms with Gasteiger partial charge in [-0.1, -0.05) is 18.2 Å². The van der Waals surface area contributed by atoms with Crippen molar-refractivity contribution in [1.82, 2.24) is 14.8 Å². The van der Waals surface area contributed by atoms with Crippen LogP contribution in [0.1, 0.15) is 15.9 Å². The van der Waals surface area contributed by atoms with E-state index in [2.05, 4.69) is 10.6 Å². The summed E-state index contributed by atoms with van der Waals surface area (Å²) in [5.74, 6) is -0.218. The number of anilines is 1. The lowest BCUT2D eigenvalue weighted by Crippen LogP contribution is -2.27. The molecule has 2 N–H and O–H groups in total. The second-order valence-electron chi connectivity index (χ2n) is 6.81. The molecule has 2 aromatic carbocycles. The van der Waals surface area contributed by atoms with Gasteiger partial charge in [-0.05, 0) is 62.1 Å². The third-order valence-electron chi connectivity index (χ3n) is 4.13. The molecule has 6 nitrogen and oxygen atoms in total. The number of hydrogen-bond acceptors (Lipinski definition) is 3. The zero-order valence-corrected chi connectivity index (χ0v) is 16.1. The van der Waals surface area contributed by atoms with Gasteiger partial charge in [-0.3, -0.25) is 9.59 Å². The third-order valence-corrected chi connectivity index (χ3v) is 4.13. The van der Waals surface area contributed by atoms with Gasteiger partial charge in [-0.2, -0.15) is 0 Å². The number of hydrogen-bond donors (Lipinski definition) is 2. The van der Waals surface area contributed by atoms with Gasteiger partial charge in [0, 0.05) is 35.9 Å². The van der Waals surface area contributed by atoms with Gasteiger partial charge in [0.15, 0.2) is 0 Å². The van der Waals surface area contributed by atoms with Crippen molar-refractivity contribution in [2.75, 3.05) is 26.0 Å². The van der Waals surface area contributed by atoms with E-state index < -0.39 is 0 Å². The van der Waals surface area contributed by atoms with Crippen LogP contribution in [0.3, 0.4) is 0 Å². The maximum atomic E-state index is 12.5. The monoisotopic (exact) mass is 376 g/mol. The van der Waals surface area contributed by atoms with Crippen LogP contribution in [0.15, 0.2) is 73.1 Å². The first-order valence-electron chi connectivity index (χ1n) is 9.06. The fourth-order valence-electron chi connectivity index (χ4n) is 2.85. The van der Waals surface area contributed by atoms with E-state index in [1.807, 2.05) is 85.7 Å². The van der Waals surface area contributed by atoms with Crippen molar-refractivity contribution in [2.24, 2.45) is 0 Å². The number of carbonyl (C=O) groups excluding carboxylic acids is 2.